The second kappa shape index (κ2) is 7.81. The second-order valence-corrected chi connectivity index (χ2v) is 6.70. The van der Waals surface area contributed by atoms with E-state index in [1.54, 1.807) is 18.6 Å². The minimum atomic E-state index is -0.607. The summed E-state index contributed by atoms with van der Waals surface area (Å²) in [6.07, 6.45) is 7.98. The highest BCUT2D eigenvalue weighted by Gasteiger charge is 2.21. The lowest BCUT2D eigenvalue weighted by Crippen LogP contribution is -2.25. The van der Waals surface area contributed by atoms with Crippen molar-refractivity contribution in [3.8, 4) is 11.3 Å². The van der Waals surface area contributed by atoms with E-state index in [4.69, 9.17) is 4.74 Å². The second-order valence-electron chi connectivity index (χ2n) is 6.70. The third-order valence-electron chi connectivity index (χ3n) is 4.88. The predicted molar refractivity (Wildman–Crippen MR) is 99.5 cm³/mol. The zero-order valence-corrected chi connectivity index (χ0v) is 14.7. The number of aromatic nitrogens is 3. The van der Waals surface area contributed by atoms with Gasteiger partial charge in [-0.25, -0.2) is 0 Å². The Labute approximate surface area is 153 Å². The van der Waals surface area contributed by atoms with Gasteiger partial charge in [-0.3, -0.25) is 9.67 Å². The number of aliphatic hydroxyl groups excluding tert-OH is 1. The van der Waals surface area contributed by atoms with Crippen molar-refractivity contribution in [2.24, 2.45) is 0 Å². The van der Waals surface area contributed by atoms with Gasteiger partial charge in [0.2, 0.25) is 0 Å². The van der Waals surface area contributed by atoms with Gasteiger partial charge in [0.1, 0.15) is 0 Å². The standard InChI is InChI=1S/C21H23N3O2/c25-18(14-24-20(10-13-23-24)17-8-11-22-12-9-17)15-26-21-7-3-5-16-4-1-2-6-19(16)21/h1-2,4,6,8-13,18,21,25H,3,5,7,14-15H2/t18-,21+/m0/s1. The number of nitrogens with zero attached hydrogens (tertiary/aromatic N) is 3. The summed E-state index contributed by atoms with van der Waals surface area (Å²) >= 11 is 0. The molecule has 3 aromatic rings. The van der Waals surface area contributed by atoms with Crippen LogP contribution in [0.2, 0.25) is 0 Å². The number of hydrogen-bond donors (Lipinski definition) is 1. The molecule has 1 aliphatic rings. The van der Waals surface area contributed by atoms with Crippen LogP contribution in [0.3, 0.4) is 0 Å². The molecule has 0 amide bonds. The van der Waals surface area contributed by atoms with E-state index in [2.05, 4.69) is 34.3 Å². The van der Waals surface area contributed by atoms with Gasteiger partial charge >= 0.3 is 0 Å². The molecule has 0 saturated heterocycles. The molecule has 0 fully saturated rings. The van der Waals surface area contributed by atoms with Crippen LogP contribution in [0.15, 0.2) is 61.1 Å². The molecule has 4 rings (SSSR count). The first-order valence-electron chi connectivity index (χ1n) is 9.11. The maximum absolute atomic E-state index is 10.5. The molecule has 5 heteroatoms. The Kier molecular flexibility index (Phi) is 5.09. The average molecular weight is 349 g/mol. The van der Waals surface area contributed by atoms with Crippen molar-refractivity contribution in [1.82, 2.24) is 14.8 Å². The third kappa shape index (κ3) is 3.69. The number of aliphatic hydroxyl groups is 1. The van der Waals surface area contributed by atoms with Crippen LogP contribution in [0, 0.1) is 0 Å². The van der Waals surface area contributed by atoms with Crippen molar-refractivity contribution < 1.29 is 9.84 Å². The molecular weight excluding hydrogens is 326 g/mol. The fourth-order valence-electron chi connectivity index (χ4n) is 3.61. The van der Waals surface area contributed by atoms with E-state index in [0.717, 1.165) is 30.5 Å². The van der Waals surface area contributed by atoms with Gasteiger partial charge in [-0.15, -0.1) is 0 Å². The topological polar surface area (TPSA) is 60.2 Å². The summed E-state index contributed by atoms with van der Waals surface area (Å²) in [5.41, 5.74) is 4.63. The highest BCUT2D eigenvalue weighted by Crippen LogP contribution is 2.32. The molecule has 134 valence electrons. The number of pyridine rings is 1. The van der Waals surface area contributed by atoms with Crippen molar-refractivity contribution in [2.45, 2.75) is 38.0 Å². The van der Waals surface area contributed by atoms with E-state index in [1.165, 1.54) is 11.1 Å². The smallest absolute Gasteiger partial charge is 0.0969 e. The molecule has 0 bridgehead atoms. The SMILES string of the molecule is O[C@H](CO[C@@H]1CCCc2ccccc21)Cn1nccc1-c1ccncc1. The Morgan fingerprint density at radius 2 is 1.96 bits per heavy atom. The highest BCUT2D eigenvalue weighted by molar-refractivity contribution is 5.58. The van der Waals surface area contributed by atoms with E-state index in [1.807, 2.05) is 22.9 Å². The molecule has 0 saturated carbocycles. The van der Waals surface area contributed by atoms with E-state index in [9.17, 15) is 5.11 Å². The molecule has 1 aromatic carbocycles. The van der Waals surface area contributed by atoms with Crippen LogP contribution in [0.25, 0.3) is 11.3 Å². The first-order valence-corrected chi connectivity index (χ1v) is 9.11. The van der Waals surface area contributed by atoms with Crippen LogP contribution >= 0.6 is 0 Å². The van der Waals surface area contributed by atoms with Crippen LogP contribution in [0.4, 0.5) is 0 Å². The lowest BCUT2D eigenvalue weighted by molar-refractivity contribution is -0.0234. The van der Waals surface area contributed by atoms with Gasteiger partial charge in [0.15, 0.2) is 0 Å². The fraction of sp³-hybridized carbons (Fsp3) is 0.333. The van der Waals surface area contributed by atoms with Crippen molar-refractivity contribution in [3.63, 3.8) is 0 Å². The number of aryl methyl sites for hydroxylation is 1. The van der Waals surface area contributed by atoms with Gasteiger partial charge in [-0.1, -0.05) is 24.3 Å². The number of rotatable bonds is 6. The molecule has 0 radical (unpaired) electrons. The molecule has 5 nitrogen and oxygen atoms in total. The molecule has 1 N–H and O–H groups in total. The van der Waals surface area contributed by atoms with E-state index in [0.29, 0.717) is 13.2 Å². The van der Waals surface area contributed by atoms with Crippen LogP contribution < -0.4 is 0 Å². The summed E-state index contributed by atoms with van der Waals surface area (Å²) in [7, 11) is 0. The molecule has 2 atom stereocenters. The van der Waals surface area contributed by atoms with Crippen molar-refractivity contribution in [1.29, 1.82) is 0 Å². The molecule has 0 unspecified atom stereocenters. The number of ether oxygens (including phenoxy) is 1. The summed E-state index contributed by atoms with van der Waals surface area (Å²) in [6, 6.07) is 14.3. The summed E-state index contributed by atoms with van der Waals surface area (Å²) in [6.45, 7) is 0.702. The molecule has 26 heavy (non-hydrogen) atoms. The van der Waals surface area contributed by atoms with Gasteiger partial charge in [-0.05, 0) is 48.6 Å². The van der Waals surface area contributed by atoms with Gasteiger partial charge < -0.3 is 9.84 Å². The zero-order valence-electron chi connectivity index (χ0n) is 14.7. The van der Waals surface area contributed by atoms with E-state index in [-0.39, 0.29) is 6.10 Å². The minimum Gasteiger partial charge on any atom is -0.389 e. The molecule has 2 heterocycles. The van der Waals surface area contributed by atoms with Crippen LogP contribution in [0.1, 0.15) is 30.1 Å². The predicted octanol–water partition coefficient (Wildman–Crippen LogP) is 3.40. The van der Waals surface area contributed by atoms with Gasteiger partial charge in [-0.2, -0.15) is 5.10 Å². The summed E-state index contributed by atoms with van der Waals surface area (Å²) < 4.78 is 7.88. The Morgan fingerprint density at radius 1 is 1.12 bits per heavy atom. The average Bonchev–Trinajstić information content (AvgIpc) is 3.15. The largest absolute Gasteiger partial charge is 0.389 e. The molecule has 1 aliphatic carbocycles. The highest BCUT2D eigenvalue weighted by atomic mass is 16.5. The molecule has 0 spiro atoms. The van der Waals surface area contributed by atoms with Gasteiger partial charge in [0.25, 0.3) is 0 Å². The third-order valence-corrected chi connectivity index (χ3v) is 4.88. The van der Waals surface area contributed by atoms with Crippen LogP contribution in [0.5, 0.6) is 0 Å². The van der Waals surface area contributed by atoms with Crippen molar-refractivity contribution >= 4 is 0 Å². The lowest BCUT2D eigenvalue weighted by Gasteiger charge is -2.26. The Hall–Kier alpha value is -2.50. The number of hydrogen-bond acceptors (Lipinski definition) is 4. The molecule has 0 aliphatic heterocycles. The first-order chi connectivity index (χ1) is 12.8. The van der Waals surface area contributed by atoms with Crippen LogP contribution in [-0.4, -0.2) is 32.6 Å². The summed E-state index contributed by atoms with van der Waals surface area (Å²) in [5.74, 6) is 0. The first kappa shape index (κ1) is 16.9. The number of fused-ring (bicyclic) bond motifs is 1. The zero-order chi connectivity index (χ0) is 17.8. The lowest BCUT2D eigenvalue weighted by atomic mass is 9.89. The van der Waals surface area contributed by atoms with E-state index >= 15 is 0 Å². The monoisotopic (exact) mass is 349 g/mol. The summed E-state index contributed by atoms with van der Waals surface area (Å²) in [4.78, 5) is 4.05. The Bertz CT molecular complexity index is 847. The van der Waals surface area contributed by atoms with Crippen molar-refractivity contribution in [2.75, 3.05) is 6.61 Å². The fourth-order valence-corrected chi connectivity index (χ4v) is 3.61. The maximum atomic E-state index is 10.5. The normalized spacial score (nSPS) is 17.7. The van der Waals surface area contributed by atoms with E-state index < -0.39 is 6.10 Å². The molecular formula is C21H23N3O2. The quantitative estimate of drug-likeness (QED) is 0.741. The number of benzene rings is 1. The van der Waals surface area contributed by atoms with Crippen LogP contribution in [-0.2, 0) is 17.7 Å². The van der Waals surface area contributed by atoms with Gasteiger partial charge in [0, 0.05) is 24.2 Å². The Morgan fingerprint density at radius 3 is 2.85 bits per heavy atom. The Balaban J connectivity index is 1.39. The molecule has 2 aromatic heterocycles. The minimum absolute atomic E-state index is 0.0758. The van der Waals surface area contributed by atoms with Gasteiger partial charge in [0.05, 0.1) is 31.1 Å². The van der Waals surface area contributed by atoms with Crippen molar-refractivity contribution in [3.05, 3.63) is 72.2 Å². The summed E-state index contributed by atoms with van der Waals surface area (Å²) in [5, 5.41) is 14.8. The maximum Gasteiger partial charge on any atom is 0.0969 e.